The maximum absolute atomic E-state index is 12.0. The van der Waals surface area contributed by atoms with Crippen LogP contribution < -0.4 is 10.1 Å². The molecule has 1 aromatic rings. The molecule has 0 spiro atoms. The topological polar surface area (TPSA) is 47.6 Å². The standard InChI is InChI=1S/C17H27NO3/c1-6-12(3)16(17(19)21-5)18-14(7-2)13-10-8-9-11-15(13)20-4/h8-12,14,16,18H,6-7H2,1-5H3. The van der Waals surface area contributed by atoms with Gasteiger partial charge in [-0.05, 0) is 18.4 Å². The van der Waals surface area contributed by atoms with Crippen LogP contribution in [0.3, 0.4) is 0 Å². The highest BCUT2D eigenvalue weighted by molar-refractivity contribution is 5.76. The van der Waals surface area contributed by atoms with Crippen molar-refractivity contribution >= 4 is 5.97 Å². The molecule has 4 nitrogen and oxygen atoms in total. The smallest absolute Gasteiger partial charge is 0.323 e. The molecule has 0 heterocycles. The minimum absolute atomic E-state index is 0.0549. The highest BCUT2D eigenvalue weighted by atomic mass is 16.5. The van der Waals surface area contributed by atoms with E-state index in [4.69, 9.17) is 9.47 Å². The van der Waals surface area contributed by atoms with E-state index in [1.54, 1.807) is 7.11 Å². The summed E-state index contributed by atoms with van der Waals surface area (Å²) in [4.78, 5) is 12.0. The molecule has 3 unspecified atom stereocenters. The Kier molecular flexibility index (Phi) is 7.23. The lowest BCUT2D eigenvalue weighted by molar-refractivity contribution is -0.144. The number of para-hydroxylation sites is 1. The van der Waals surface area contributed by atoms with Crippen molar-refractivity contribution < 1.29 is 14.3 Å². The van der Waals surface area contributed by atoms with Gasteiger partial charge >= 0.3 is 5.97 Å². The molecule has 0 aliphatic carbocycles. The summed E-state index contributed by atoms with van der Waals surface area (Å²) in [5, 5.41) is 3.44. The van der Waals surface area contributed by atoms with Gasteiger partial charge in [0.1, 0.15) is 11.8 Å². The van der Waals surface area contributed by atoms with Gasteiger partial charge in [-0.15, -0.1) is 0 Å². The molecule has 1 aromatic carbocycles. The van der Waals surface area contributed by atoms with Gasteiger partial charge in [-0.2, -0.15) is 0 Å². The number of nitrogens with one attached hydrogen (secondary N) is 1. The zero-order chi connectivity index (χ0) is 15.8. The van der Waals surface area contributed by atoms with Crippen molar-refractivity contribution in [2.75, 3.05) is 14.2 Å². The average Bonchev–Trinajstić information content (AvgIpc) is 2.54. The second kappa shape index (κ2) is 8.67. The molecule has 118 valence electrons. The van der Waals surface area contributed by atoms with Crippen LogP contribution in [0.15, 0.2) is 24.3 Å². The largest absolute Gasteiger partial charge is 0.496 e. The first kappa shape index (κ1) is 17.5. The normalized spacial score (nSPS) is 15.1. The SMILES string of the molecule is CCC(NC(C(=O)OC)C(C)CC)c1ccccc1OC. The van der Waals surface area contributed by atoms with Gasteiger partial charge in [-0.25, -0.2) is 0 Å². The summed E-state index contributed by atoms with van der Waals surface area (Å²) in [7, 11) is 3.10. The number of hydrogen-bond acceptors (Lipinski definition) is 4. The van der Waals surface area contributed by atoms with E-state index in [0.29, 0.717) is 0 Å². The van der Waals surface area contributed by atoms with Crippen LogP contribution in [0, 0.1) is 5.92 Å². The number of rotatable bonds is 8. The minimum Gasteiger partial charge on any atom is -0.496 e. The number of carbonyl (C=O) groups is 1. The van der Waals surface area contributed by atoms with E-state index in [-0.39, 0.29) is 24.0 Å². The molecule has 4 heteroatoms. The lowest BCUT2D eigenvalue weighted by Crippen LogP contribution is -2.44. The Bertz CT molecular complexity index is 447. The highest BCUT2D eigenvalue weighted by Gasteiger charge is 2.28. The first-order valence-electron chi connectivity index (χ1n) is 7.55. The summed E-state index contributed by atoms with van der Waals surface area (Å²) < 4.78 is 10.4. The van der Waals surface area contributed by atoms with Crippen molar-refractivity contribution in [1.82, 2.24) is 5.32 Å². The van der Waals surface area contributed by atoms with Gasteiger partial charge in [-0.1, -0.05) is 45.4 Å². The summed E-state index contributed by atoms with van der Waals surface area (Å²) in [5.41, 5.74) is 1.07. The molecule has 0 radical (unpaired) electrons. The molecular formula is C17H27NO3. The fourth-order valence-corrected chi connectivity index (χ4v) is 2.43. The van der Waals surface area contributed by atoms with E-state index in [9.17, 15) is 4.79 Å². The van der Waals surface area contributed by atoms with Crippen LogP contribution in [0.1, 0.15) is 45.2 Å². The molecular weight excluding hydrogens is 266 g/mol. The zero-order valence-corrected chi connectivity index (χ0v) is 13.7. The van der Waals surface area contributed by atoms with Crippen LogP contribution in [0.25, 0.3) is 0 Å². The van der Waals surface area contributed by atoms with Crippen LogP contribution in [-0.2, 0) is 9.53 Å². The Morgan fingerprint density at radius 1 is 1.19 bits per heavy atom. The molecule has 21 heavy (non-hydrogen) atoms. The predicted octanol–water partition coefficient (Wildman–Crippen LogP) is 3.32. The van der Waals surface area contributed by atoms with Gasteiger partial charge < -0.3 is 9.47 Å². The molecule has 0 bridgehead atoms. The molecule has 1 rings (SSSR count). The third-order valence-corrected chi connectivity index (χ3v) is 3.97. The van der Waals surface area contributed by atoms with E-state index < -0.39 is 0 Å². The maximum Gasteiger partial charge on any atom is 0.323 e. The van der Waals surface area contributed by atoms with Crippen molar-refractivity contribution in [3.05, 3.63) is 29.8 Å². The number of methoxy groups -OCH3 is 2. The Balaban J connectivity index is 3.00. The molecule has 0 amide bonds. The molecule has 0 aliphatic heterocycles. The molecule has 3 atom stereocenters. The summed E-state index contributed by atoms with van der Waals surface area (Å²) in [6.07, 6.45) is 1.78. The number of ether oxygens (including phenoxy) is 2. The van der Waals surface area contributed by atoms with Gasteiger partial charge in [-0.3, -0.25) is 10.1 Å². The minimum atomic E-state index is -0.310. The van der Waals surface area contributed by atoms with Crippen molar-refractivity contribution in [1.29, 1.82) is 0 Å². The second-order valence-electron chi connectivity index (χ2n) is 5.26. The lowest BCUT2D eigenvalue weighted by Gasteiger charge is -2.28. The summed E-state index contributed by atoms with van der Waals surface area (Å²) in [5.74, 6) is 0.837. The molecule has 0 fully saturated rings. The first-order chi connectivity index (χ1) is 10.1. The second-order valence-corrected chi connectivity index (χ2v) is 5.26. The fraction of sp³-hybridized carbons (Fsp3) is 0.588. The lowest BCUT2D eigenvalue weighted by atomic mass is 9.95. The Hall–Kier alpha value is -1.55. The first-order valence-corrected chi connectivity index (χ1v) is 7.55. The summed E-state index contributed by atoms with van der Waals surface area (Å²) in [6, 6.07) is 7.65. The van der Waals surface area contributed by atoms with Crippen molar-refractivity contribution in [2.45, 2.75) is 45.7 Å². The quantitative estimate of drug-likeness (QED) is 0.747. The van der Waals surface area contributed by atoms with Crippen LogP contribution in [0.4, 0.5) is 0 Å². The van der Waals surface area contributed by atoms with Crippen LogP contribution in [0.2, 0.25) is 0 Å². The van der Waals surface area contributed by atoms with E-state index in [1.807, 2.05) is 24.3 Å². The number of esters is 1. The summed E-state index contributed by atoms with van der Waals surface area (Å²) >= 11 is 0. The van der Waals surface area contributed by atoms with Crippen molar-refractivity contribution in [2.24, 2.45) is 5.92 Å². The molecule has 0 saturated carbocycles. The van der Waals surface area contributed by atoms with Gasteiger partial charge in [0.25, 0.3) is 0 Å². The van der Waals surface area contributed by atoms with Crippen LogP contribution in [-0.4, -0.2) is 26.2 Å². The van der Waals surface area contributed by atoms with Gasteiger partial charge in [0.2, 0.25) is 0 Å². The maximum atomic E-state index is 12.0. The Labute approximate surface area is 127 Å². The molecule has 0 aliphatic rings. The monoisotopic (exact) mass is 293 g/mol. The van der Waals surface area contributed by atoms with Gasteiger partial charge in [0.15, 0.2) is 0 Å². The predicted molar refractivity (Wildman–Crippen MR) is 84.4 cm³/mol. The van der Waals surface area contributed by atoms with Crippen molar-refractivity contribution in [3.63, 3.8) is 0 Å². The van der Waals surface area contributed by atoms with E-state index in [2.05, 4.69) is 26.1 Å². The molecule has 0 aromatic heterocycles. The van der Waals surface area contributed by atoms with Gasteiger partial charge in [0, 0.05) is 11.6 Å². The van der Waals surface area contributed by atoms with Crippen molar-refractivity contribution in [3.8, 4) is 5.75 Å². The number of benzene rings is 1. The number of hydrogen-bond donors (Lipinski definition) is 1. The van der Waals surface area contributed by atoms with E-state index >= 15 is 0 Å². The molecule has 0 saturated heterocycles. The van der Waals surface area contributed by atoms with Gasteiger partial charge in [0.05, 0.1) is 14.2 Å². The third-order valence-electron chi connectivity index (χ3n) is 3.97. The van der Waals surface area contributed by atoms with E-state index in [1.165, 1.54) is 7.11 Å². The third kappa shape index (κ3) is 4.46. The van der Waals surface area contributed by atoms with E-state index in [0.717, 1.165) is 24.2 Å². The van der Waals surface area contributed by atoms with Crippen LogP contribution in [0.5, 0.6) is 5.75 Å². The fourth-order valence-electron chi connectivity index (χ4n) is 2.43. The average molecular weight is 293 g/mol. The Morgan fingerprint density at radius 2 is 1.86 bits per heavy atom. The van der Waals surface area contributed by atoms with Crippen LogP contribution >= 0.6 is 0 Å². The molecule has 1 N–H and O–H groups in total. The zero-order valence-electron chi connectivity index (χ0n) is 13.7. The summed E-state index contributed by atoms with van der Waals surface area (Å²) in [6.45, 7) is 6.23. The Morgan fingerprint density at radius 3 is 2.38 bits per heavy atom. The number of carbonyl (C=O) groups excluding carboxylic acids is 1. The highest BCUT2D eigenvalue weighted by Crippen LogP contribution is 2.28.